The number of likely N-dealkylation sites (N-methyl/N-ethyl adjacent to an activating group) is 1. The average molecular weight is 372 g/mol. The van der Waals surface area contributed by atoms with E-state index in [0.29, 0.717) is 12.2 Å². The molecule has 0 spiro atoms. The Morgan fingerprint density at radius 3 is 2.52 bits per heavy atom. The zero-order valence-corrected chi connectivity index (χ0v) is 16.9. The van der Waals surface area contributed by atoms with E-state index in [0.717, 1.165) is 22.7 Å². The van der Waals surface area contributed by atoms with Crippen LogP contribution in [0, 0.1) is 13.8 Å². The van der Waals surface area contributed by atoms with Crippen LogP contribution in [0.4, 0.5) is 0 Å². The molecule has 27 heavy (non-hydrogen) atoms. The van der Waals surface area contributed by atoms with Crippen molar-refractivity contribution in [2.45, 2.75) is 40.3 Å². The van der Waals surface area contributed by atoms with Gasteiger partial charge in [0.05, 0.1) is 25.3 Å². The standard InChI is InChI=1S/C21H28N2O4/c1-7-27-21(25)18-12-14(2)23(16(18)4)13-20(24)22(5)15(3)17-10-8-9-11-19(17)26-6/h8-12,15H,7,13H2,1-6H3. The number of amides is 1. The topological polar surface area (TPSA) is 60.8 Å². The van der Waals surface area contributed by atoms with Gasteiger partial charge in [-0.2, -0.15) is 0 Å². The molecule has 1 aromatic heterocycles. The number of rotatable bonds is 7. The summed E-state index contributed by atoms with van der Waals surface area (Å²) in [6, 6.07) is 9.30. The molecule has 0 aliphatic rings. The largest absolute Gasteiger partial charge is 0.496 e. The van der Waals surface area contributed by atoms with Crippen molar-refractivity contribution in [3.63, 3.8) is 0 Å². The molecule has 0 bridgehead atoms. The number of hydrogen-bond acceptors (Lipinski definition) is 4. The fraction of sp³-hybridized carbons (Fsp3) is 0.429. The van der Waals surface area contributed by atoms with E-state index in [9.17, 15) is 9.59 Å². The second kappa shape index (κ2) is 8.75. The van der Waals surface area contributed by atoms with Crippen LogP contribution in [0.25, 0.3) is 0 Å². The van der Waals surface area contributed by atoms with Crippen molar-refractivity contribution in [1.29, 1.82) is 0 Å². The molecule has 146 valence electrons. The second-order valence-electron chi connectivity index (χ2n) is 6.51. The molecule has 0 N–H and O–H groups in total. The van der Waals surface area contributed by atoms with Gasteiger partial charge in [-0.05, 0) is 39.8 Å². The number of nitrogens with zero attached hydrogens (tertiary/aromatic N) is 2. The lowest BCUT2D eigenvalue weighted by Crippen LogP contribution is -2.33. The van der Waals surface area contributed by atoms with Gasteiger partial charge in [-0.15, -0.1) is 0 Å². The fourth-order valence-electron chi connectivity index (χ4n) is 3.14. The van der Waals surface area contributed by atoms with Crippen molar-refractivity contribution in [2.24, 2.45) is 0 Å². The van der Waals surface area contributed by atoms with Gasteiger partial charge in [-0.3, -0.25) is 4.79 Å². The number of hydrogen-bond donors (Lipinski definition) is 0. The molecule has 0 aliphatic carbocycles. The summed E-state index contributed by atoms with van der Waals surface area (Å²) in [5, 5.41) is 0. The zero-order chi connectivity index (χ0) is 20.1. The zero-order valence-electron chi connectivity index (χ0n) is 16.9. The van der Waals surface area contributed by atoms with Gasteiger partial charge in [0.2, 0.25) is 5.91 Å². The normalized spacial score (nSPS) is 11.8. The highest BCUT2D eigenvalue weighted by atomic mass is 16.5. The van der Waals surface area contributed by atoms with Crippen LogP contribution in [0.2, 0.25) is 0 Å². The number of carbonyl (C=O) groups excluding carboxylic acids is 2. The van der Waals surface area contributed by atoms with E-state index in [-0.39, 0.29) is 24.5 Å². The van der Waals surface area contributed by atoms with Gasteiger partial charge < -0.3 is 18.9 Å². The third kappa shape index (κ3) is 4.32. The first-order chi connectivity index (χ1) is 12.8. The molecule has 2 rings (SSSR count). The first-order valence-corrected chi connectivity index (χ1v) is 9.04. The predicted molar refractivity (Wildman–Crippen MR) is 104 cm³/mol. The lowest BCUT2D eigenvalue weighted by Gasteiger charge is -2.27. The van der Waals surface area contributed by atoms with E-state index in [1.54, 1.807) is 32.0 Å². The van der Waals surface area contributed by atoms with E-state index in [4.69, 9.17) is 9.47 Å². The van der Waals surface area contributed by atoms with Crippen LogP contribution < -0.4 is 4.74 Å². The first-order valence-electron chi connectivity index (χ1n) is 9.04. The summed E-state index contributed by atoms with van der Waals surface area (Å²) in [7, 11) is 3.40. The van der Waals surface area contributed by atoms with E-state index in [2.05, 4.69) is 0 Å². The highest BCUT2D eigenvalue weighted by Gasteiger charge is 2.23. The first kappa shape index (κ1) is 20.6. The summed E-state index contributed by atoms with van der Waals surface area (Å²) in [5.74, 6) is 0.341. The number of aromatic nitrogens is 1. The molecule has 1 amide bonds. The van der Waals surface area contributed by atoms with Gasteiger partial charge in [-0.1, -0.05) is 18.2 Å². The Balaban J connectivity index is 2.20. The van der Waals surface area contributed by atoms with Crippen LogP contribution in [-0.2, 0) is 16.1 Å². The van der Waals surface area contributed by atoms with E-state index >= 15 is 0 Å². The molecule has 0 saturated heterocycles. The Morgan fingerprint density at radius 1 is 1.22 bits per heavy atom. The molecule has 0 saturated carbocycles. The maximum atomic E-state index is 12.9. The number of esters is 1. The third-order valence-corrected chi connectivity index (χ3v) is 4.93. The van der Waals surface area contributed by atoms with Crippen LogP contribution in [0.15, 0.2) is 30.3 Å². The molecule has 2 aromatic rings. The highest BCUT2D eigenvalue weighted by molar-refractivity contribution is 5.91. The molecule has 1 atom stereocenters. The van der Waals surface area contributed by atoms with Gasteiger partial charge in [0.25, 0.3) is 0 Å². The van der Waals surface area contributed by atoms with Crippen LogP contribution in [0.3, 0.4) is 0 Å². The molecule has 0 fully saturated rings. The van der Waals surface area contributed by atoms with Gasteiger partial charge in [0, 0.05) is 24.0 Å². The number of methoxy groups -OCH3 is 1. The summed E-state index contributed by atoms with van der Waals surface area (Å²) in [6.45, 7) is 7.93. The third-order valence-electron chi connectivity index (χ3n) is 4.93. The van der Waals surface area contributed by atoms with Crippen LogP contribution >= 0.6 is 0 Å². The Morgan fingerprint density at radius 2 is 1.89 bits per heavy atom. The quantitative estimate of drug-likeness (QED) is 0.698. The molecule has 1 unspecified atom stereocenters. The van der Waals surface area contributed by atoms with Crippen molar-refractivity contribution >= 4 is 11.9 Å². The lowest BCUT2D eigenvalue weighted by atomic mass is 10.1. The van der Waals surface area contributed by atoms with Crippen molar-refractivity contribution in [1.82, 2.24) is 9.47 Å². The number of para-hydroxylation sites is 1. The van der Waals surface area contributed by atoms with Crippen molar-refractivity contribution in [3.8, 4) is 5.75 Å². The van der Waals surface area contributed by atoms with Crippen LogP contribution in [0.5, 0.6) is 5.75 Å². The molecular weight excluding hydrogens is 344 g/mol. The summed E-state index contributed by atoms with van der Waals surface area (Å²) in [4.78, 5) is 26.6. The minimum atomic E-state index is -0.361. The SMILES string of the molecule is CCOC(=O)c1cc(C)n(CC(=O)N(C)C(C)c2ccccc2OC)c1C. The van der Waals surface area contributed by atoms with Crippen LogP contribution in [0.1, 0.15) is 47.2 Å². The van der Waals surface area contributed by atoms with Crippen molar-refractivity contribution < 1.29 is 19.1 Å². The summed E-state index contributed by atoms with van der Waals surface area (Å²) in [5.41, 5.74) is 3.03. The fourth-order valence-corrected chi connectivity index (χ4v) is 3.14. The molecule has 6 heteroatoms. The van der Waals surface area contributed by atoms with E-state index in [1.807, 2.05) is 49.6 Å². The molecule has 6 nitrogen and oxygen atoms in total. The van der Waals surface area contributed by atoms with Crippen LogP contribution in [-0.4, -0.2) is 42.1 Å². The monoisotopic (exact) mass is 372 g/mol. The van der Waals surface area contributed by atoms with Gasteiger partial charge in [-0.25, -0.2) is 4.79 Å². The van der Waals surface area contributed by atoms with E-state index in [1.165, 1.54) is 0 Å². The van der Waals surface area contributed by atoms with Gasteiger partial charge >= 0.3 is 5.97 Å². The number of aryl methyl sites for hydroxylation is 1. The molecule has 1 heterocycles. The molecular formula is C21H28N2O4. The number of carbonyl (C=O) groups is 2. The highest BCUT2D eigenvalue weighted by Crippen LogP contribution is 2.28. The van der Waals surface area contributed by atoms with E-state index < -0.39 is 0 Å². The minimum Gasteiger partial charge on any atom is -0.496 e. The Kier molecular flexibility index (Phi) is 6.66. The van der Waals surface area contributed by atoms with Crippen molar-refractivity contribution in [3.05, 3.63) is 52.8 Å². The number of ether oxygens (including phenoxy) is 2. The molecule has 0 radical (unpaired) electrons. The second-order valence-corrected chi connectivity index (χ2v) is 6.51. The molecule has 1 aromatic carbocycles. The number of benzene rings is 1. The Bertz CT molecular complexity index is 826. The predicted octanol–water partition coefficient (Wildman–Crippen LogP) is 3.51. The van der Waals surface area contributed by atoms with Crippen molar-refractivity contribution in [2.75, 3.05) is 20.8 Å². The smallest absolute Gasteiger partial charge is 0.339 e. The Labute approximate surface area is 160 Å². The van der Waals surface area contributed by atoms with Gasteiger partial charge in [0.15, 0.2) is 0 Å². The Hall–Kier alpha value is -2.76. The molecule has 0 aliphatic heterocycles. The summed E-state index contributed by atoms with van der Waals surface area (Å²) < 4.78 is 12.3. The van der Waals surface area contributed by atoms with Gasteiger partial charge in [0.1, 0.15) is 12.3 Å². The maximum Gasteiger partial charge on any atom is 0.339 e. The summed E-state index contributed by atoms with van der Waals surface area (Å²) >= 11 is 0. The maximum absolute atomic E-state index is 12.9. The average Bonchev–Trinajstić information content (AvgIpc) is 2.95. The minimum absolute atomic E-state index is 0.0504. The lowest BCUT2D eigenvalue weighted by molar-refractivity contribution is -0.132. The summed E-state index contributed by atoms with van der Waals surface area (Å²) in [6.07, 6.45) is 0.